The molecular formula is C23H29N3O. The molecular weight excluding hydrogens is 334 g/mol. The lowest BCUT2D eigenvalue weighted by atomic mass is 9.74. The number of rotatable bonds is 3. The lowest BCUT2D eigenvalue weighted by Gasteiger charge is -2.39. The molecule has 0 spiro atoms. The van der Waals surface area contributed by atoms with E-state index in [-0.39, 0.29) is 5.41 Å². The number of aliphatic imine (C=N–C) groups is 1. The topological polar surface area (TPSA) is 36.9 Å². The van der Waals surface area contributed by atoms with Crippen LogP contribution in [0.15, 0.2) is 59.6 Å². The highest BCUT2D eigenvalue weighted by molar-refractivity contribution is 5.80. The molecule has 0 aliphatic carbocycles. The third-order valence-corrected chi connectivity index (χ3v) is 6.06. The van der Waals surface area contributed by atoms with Crippen molar-refractivity contribution in [1.82, 2.24) is 10.2 Å². The lowest BCUT2D eigenvalue weighted by molar-refractivity contribution is 0.0511. The van der Waals surface area contributed by atoms with E-state index in [0.29, 0.717) is 0 Å². The maximum Gasteiger partial charge on any atom is 0.193 e. The van der Waals surface area contributed by atoms with E-state index < -0.39 is 0 Å². The molecule has 0 amide bonds. The van der Waals surface area contributed by atoms with E-state index in [4.69, 9.17) is 4.74 Å². The number of nitrogens with one attached hydrogen (secondary N) is 1. The summed E-state index contributed by atoms with van der Waals surface area (Å²) in [7, 11) is 1.89. The van der Waals surface area contributed by atoms with Gasteiger partial charge in [-0.05, 0) is 36.0 Å². The van der Waals surface area contributed by atoms with Crippen molar-refractivity contribution in [3.8, 4) is 0 Å². The summed E-state index contributed by atoms with van der Waals surface area (Å²) in [6, 6.07) is 19.6. The molecule has 2 aliphatic heterocycles. The zero-order valence-electron chi connectivity index (χ0n) is 16.2. The Labute approximate surface area is 162 Å². The van der Waals surface area contributed by atoms with Gasteiger partial charge in [0.05, 0.1) is 0 Å². The predicted molar refractivity (Wildman–Crippen MR) is 110 cm³/mol. The Bertz CT molecular complexity index is 781. The average Bonchev–Trinajstić information content (AvgIpc) is 2.75. The summed E-state index contributed by atoms with van der Waals surface area (Å²) < 4.78 is 5.67. The van der Waals surface area contributed by atoms with Crippen LogP contribution >= 0.6 is 0 Å². The first kappa shape index (κ1) is 18.1. The highest BCUT2D eigenvalue weighted by Crippen LogP contribution is 2.34. The minimum absolute atomic E-state index is 0.114. The Morgan fingerprint density at radius 3 is 2.48 bits per heavy atom. The maximum absolute atomic E-state index is 5.67. The van der Waals surface area contributed by atoms with Crippen molar-refractivity contribution in [1.29, 1.82) is 0 Å². The SMILES string of the molecule is CN=C(NCC1(c2ccccc2)CCOCC1)N1CCc2ccccc2C1. The fourth-order valence-electron chi connectivity index (χ4n) is 4.38. The molecule has 1 saturated heterocycles. The Kier molecular flexibility index (Phi) is 5.44. The molecule has 0 unspecified atom stereocenters. The number of hydrogen-bond acceptors (Lipinski definition) is 2. The van der Waals surface area contributed by atoms with Gasteiger partial charge < -0.3 is 15.0 Å². The van der Waals surface area contributed by atoms with Gasteiger partial charge in [0.15, 0.2) is 5.96 Å². The molecule has 27 heavy (non-hydrogen) atoms. The smallest absolute Gasteiger partial charge is 0.193 e. The van der Waals surface area contributed by atoms with E-state index in [1.165, 1.54) is 16.7 Å². The molecule has 142 valence electrons. The number of benzene rings is 2. The Balaban J connectivity index is 1.48. The van der Waals surface area contributed by atoms with E-state index >= 15 is 0 Å². The molecule has 0 radical (unpaired) electrons. The molecule has 4 rings (SSSR count). The number of hydrogen-bond donors (Lipinski definition) is 1. The van der Waals surface area contributed by atoms with Crippen LogP contribution in [0.2, 0.25) is 0 Å². The lowest BCUT2D eigenvalue weighted by Crippen LogP contribution is -2.50. The second kappa shape index (κ2) is 8.13. The van der Waals surface area contributed by atoms with Gasteiger partial charge >= 0.3 is 0 Å². The van der Waals surface area contributed by atoms with Crippen molar-refractivity contribution >= 4 is 5.96 Å². The van der Waals surface area contributed by atoms with Crippen LogP contribution in [-0.2, 0) is 23.1 Å². The van der Waals surface area contributed by atoms with Crippen molar-refractivity contribution in [2.45, 2.75) is 31.2 Å². The van der Waals surface area contributed by atoms with Crippen LogP contribution in [0.4, 0.5) is 0 Å². The highest BCUT2D eigenvalue weighted by Gasteiger charge is 2.35. The first-order valence-electron chi connectivity index (χ1n) is 9.96. The summed E-state index contributed by atoms with van der Waals surface area (Å²) in [5.41, 5.74) is 4.40. The Morgan fingerprint density at radius 2 is 1.74 bits per heavy atom. The summed E-state index contributed by atoms with van der Waals surface area (Å²) >= 11 is 0. The zero-order valence-corrected chi connectivity index (χ0v) is 16.2. The fraction of sp³-hybridized carbons (Fsp3) is 0.435. The quantitative estimate of drug-likeness (QED) is 0.671. The summed E-state index contributed by atoms with van der Waals surface area (Å²) in [4.78, 5) is 6.97. The van der Waals surface area contributed by atoms with E-state index in [2.05, 4.69) is 69.8 Å². The van der Waals surface area contributed by atoms with Crippen LogP contribution in [-0.4, -0.2) is 44.2 Å². The van der Waals surface area contributed by atoms with Gasteiger partial charge in [0, 0.05) is 45.3 Å². The second-order valence-corrected chi connectivity index (χ2v) is 7.60. The van der Waals surface area contributed by atoms with Crippen LogP contribution in [0.25, 0.3) is 0 Å². The molecule has 4 heteroatoms. The standard InChI is InChI=1S/C23H29N3O/c1-24-22(26-14-11-19-7-5-6-8-20(19)17-26)25-18-23(12-15-27-16-13-23)21-9-3-2-4-10-21/h2-10H,11-18H2,1H3,(H,24,25). The van der Waals surface area contributed by atoms with Gasteiger partial charge in [0.2, 0.25) is 0 Å². The van der Waals surface area contributed by atoms with Gasteiger partial charge in [-0.2, -0.15) is 0 Å². The third-order valence-electron chi connectivity index (χ3n) is 6.06. The van der Waals surface area contributed by atoms with Crippen LogP contribution in [0.3, 0.4) is 0 Å². The first-order valence-corrected chi connectivity index (χ1v) is 9.96. The van der Waals surface area contributed by atoms with E-state index in [0.717, 1.165) is 58.1 Å². The minimum atomic E-state index is 0.114. The largest absolute Gasteiger partial charge is 0.381 e. The summed E-state index contributed by atoms with van der Waals surface area (Å²) in [5.74, 6) is 1.01. The van der Waals surface area contributed by atoms with Crippen LogP contribution < -0.4 is 5.32 Å². The zero-order chi connectivity index (χ0) is 18.5. The first-order chi connectivity index (χ1) is 13.3. The molecule has 4 nitrogen and oxygen atoms in total. The van der Waals surface area contributed by atoms with Crippen molar-refractivity contribution in [2.24, 2.45) is 4.99 Å². The van der Waals surface area contributed by atoms with Gasteiger partial charge in [-0.25, -0.2) is 0 Å². The number of ether oxygens (including phenoxy) is 1. The molecule has 0 atom stereocenters. The van der Waals surface area contributed by atoms with Gasteiger partial charge in [-0.15, -0.1) is 0 Å². The summed E-state index contributed by atoms with van der Waals surface area (Å²) in [6.07, 6.45) is 3.17. The van der Waals surface area contributed by atoms with Gasteiger partial charge in [-0.3, -0.25) is 4.99 Å². The number of nitrogens with zero attached hydrogens (tertiary/aromatic N) is 2. The Morgan fingerprint density at radius 1 is 1.04 bits per heavy atom. The second-order valence-electron chi connectivity index (χ2n) is 7.60. The molecule has 1 fully saturated rings. The third kappa shape index (κ3) is 3.86. The summed E-state index contributed by atoms with van der Waals surface area (Å²) in [5, 5.41) is 3.70. The molecule has 1 N–H and O–H groups in total. The predicted octanol–water partition coefficient (Wildman–Crippen LogP) is 3.37. The molecule has 0 bridgehead atoms. The van der Waals surface area contributed by atoms with Crippen molar-refractivity contribution in [3.63, 3.8) is 0 Å². The molecule has 0 saturated carbocycles. The van der Waals surface area contributed by atoms with Crippen molar-refractivity contribution in [3.05, 3.63) is 71.3 Å². The minimum Gasteiger partial charge on any atom is -0.381 e. The van der Waals surface area contributed by atoms with Crippen molar-refractivity contribution in [2.75, 3.05) is 33.4 Å². The monoisotopic (exact) mass is 363 g/mol. The van der Waals surface area contributed by atoms with E-state index in [9.17, 15) is 0 Å². The molecule has 2 aromatic carbocycles. The van der Waals surface area contributed by atoms with Crippen LogP contribution in [0.5, 0.6) is 0 Å². The maximum atomic E-state index is 5.67. The highest BCUT2D eigenvalue weighted by atomic mass is 16.5. The van der Waals surface area contributed by atoms with Crippen LogP contribution in [0, 0.1) is 0 Å². The Hall–Kier alpha value is -2.33. The fourth-order valence-corrected chi connectivity index (χ4v) is 4.38. The summed E-state index contributed by atoms with van der Waals surface area (Å²) in [6.45, 7) is 4.49. The molecule has 2 aromatic rings. The number of guanidine groups is 1. The number of fused-ring (bicyclic) bond motifs is 1. The van der Waals surface area contributed by atoms with Gasteiger partial charge in [0.1, 0.15) is 0 Å². The van der Waals surface area contributed by atoms with Gasteiger partial charge in [-0.1, -0.05) is 54.6 Å². The van der Waals surface area contributed by atoms with Crippen LogP contribution in [0.1, 0.15) is 29.5 Å². The van der Waals surface area contributed by atoms with E-state index in [1.807, 2.05) is 7.05 Å². The van der Waals surface area contributed by atoms with Gasteiger partial charge in [0.25, 0.3) is 0 Å². The van der Waals surface area contributed by atoms with Crippen molar-refractivity contribution < 1.29 is 4.74 Å². The molecule has 2 heterocycles. The van der Waals surface area contributed by atoms with E-state index in [1.54, 1.807) is 0 Å². The normalized spacial score (nSPS) is 19.4. The average molecular weight is 364 g/mol. The molecule has 2 aliphatic rings. The molecule has 0 aromatic heterocycles.